The van der Waals surface area contributed by atoms with Crippen LogP contribution in [0.4, 0.5) is 5.69 Å². The Kier molecular flexibility index (Phi) is 4.22. The van der Waals surface area contributed by atoms with Gasteiger partial charge in [-0.3, -0.25) is 4.79 Å². The molecule has 0 aromatic heterocycles. The van der Waals surface area contributed by atoms with Crippen LogP contribution in [-0.2, 0) is 9.53 Å². The minimum Gasteiger partial charge on any atom is -0.378 e. The molecule has 1 heterocycles. The molecule has 1 aliphatic rings. The Labute approximate surface area is 114 Å². The van der Waals surface area contributed by atoms with Crippen molar-refractivity contribution in [3.63, 3.8) is 0 Å². The predicted molar refractivity (Wildman–Crippen MR) is 76.7 cm³/mol. The fourth-order valence-electron chi connectivity index (χ4n) is 2.38. The van der Waals surface area contributed by atoms with Crippen LogP contribution >= 0.6 is 0 Å². The minimum absolute atomic E-state index is 0.0612. The zero-order chi connectivity index (χ0) is 14.0. The van der Waals surface area contributed by atoms with Gasteiger partial charge in [0.1, 0.15) is 6.04 Å². The molecule has 1 amide bonds. The number of ether oxygens (including phenoxy) is 1. The topological polar surface area (TPSA) is 41.6 Å². The number of morpholine rings is 1. The zero-order valence-corrected chi connectivity index (χ0v) is 12.1. The van der Waals surface area contributed by atoms with E-state index < -0.39 is 0 Å². The molecular formula is C15H22N2O2. The van der Waals surface area contributed by atoms with Gasteiger partial charge in [-0.1, -0.05) is 6.07 Å². The van der Waals surface area contributed by atoms with Gasteiger partial charge in [0.05, 0.1) is 13.2 Å². The average Bonchev–Trinajstić information content (AvgIpc) is 2.42. The van der Waals surface area contributed by atoms with Gasteiger partial charge in [-0.2, -0.15) is 0 Å². The van der Waals surface area contributed by atoms with Crippen molar-refractivity contribution in [3.8, 4) is 0 Å². The Morgan fingerprint density at radius 1 is 1.26 bits per heavy atom. The van der Waals surface area contributed by atoms with Crippen LogP contribution in [0.3, 0.4) is 0 Å². The summed E-state index contributed by atoms with van der Waals surface area (Å²) in [5.41, 5.74) is 4.55. The molecule has 2 rings (SSSR count). The van der Waals surface area contributed by atoms with E-state index in [1.54, 1.807) is 4.90 Å². The second kappa shape index (κ2) is 5.72. The summed E-state index contributed by atoms with van der Waals surface area (Å²) >= 11 is 0. The molecule has 104 valence electrons. The average molecular weight is 262 g/mol. The SMILES string of the molecule is Cc1cc(C)c(N(C)C(=O)C2COCCN2)cc1C. The van der Waals surface area contributed by atoms with Crippen LogP contribution in [0.2, 0.25) is 0 Å². The predicted octanol–water partition coefficient (Wildman–Crippen LogP) is 1.56. The molecule has 0 radical (unpaired) electrons. The number of carbonyl (C=O) groups excluding carboxylic acids is 1. The van der Waals surface area contributed by atoms with Crippen LogP contribution in [0.25, 0.3) is 0 Å². The Balaban J connectivity index is 2.21. The second-order valence-electron chi connectivity index (χ2n) is 5.20. The van der Waals surface area contributed by atoms with Gasteiger partial charge in [-0.05, 0) is 43.5 Å². The summed E-state index contributed by atoms with van der Waals surface area (Å²) in [6.45, 7) is 8.05. The standard InChI is InChI=1S/C15H22N2O2/c1-10-7-12(3)14(8-11(10)2)17(4)15(18)13-9-19-6-5-16-13/h7-8,13,16H,5-6,9H2,1-4H3. The Hall–Kier alpha value is -1.39. The van der Waals surface area contributed by atoms with Gasteiger partial charge in [0, 0.05) is 19.3 Å². The smallest absolute Gasteiger partial charge is 0.246 e. The van der Waals surface area contributed by atoms with Gasteiger partial charge in [0.2, 0.25) is 5.91 Å². The summed E-state index contributed by atoms with van der Waals surface area (Å²) < 4.78 is 5.35. The molecule has 19 heavy (non-hydrogen) atoms. The molecule has 1 N–H and O–H groups in total. The number of anilines is 1. The number of likely N-dealkylation sites (N-methyl/N-ethyl adjacent to an activating group) is 1. The summed E-state index contributed by atoms with van der Waals surface area (Å²) in [5.74, 6) is 0.0612. The molecule has 1 aromatic rings. The van der Waals surface area contributed by atoms with Crippen molar-refractivity contribution in [1.82, 2.24) is 5.32 Å². The largest absolute Gasteiger partial charge is 0.378 e. The minimum atomic E-state index is -0.236. The highest BCUT2D eigenvalue weighted by Crippen LogP contribution is 2.23. The maximum Gasteiger partial charge on any atom is 0.246 e. The Bertz CT molecular complexity index is 479. The molecule has 4 nitrogen and oxygen atoms in total. The van der Waals surface area contributed by atoms with E-state index in [0.717, 1.165) is 17.8 Å². The summed E-state index contributed by atoms with van der Waals surface area (Å²) in [7, 11) is 1.83. The van der Waals surface area contributed by atoms with Gasteiger partial charge in [0.25, 0.3) is 0 Å². The third-order valence-electron chi connectivity index (χ3n) is 3.72. The summed E-state index contributed by atoms with van der Waals surface area (Å²) in [5, 5.41) is 3.20. The molecule has 4 heteroatoms. The van der Waals surface area contributed by atoms with Crippen LogP contribution in [0.5, 0.6) is 0 Å². The van der Waals surface area contributed by atoms with E-state index in [0.29, 0.717) is 13.2 Å². The normalized spacial score (nSPS) is 19.3. The van der Waals surface area contributed by atoms with E-state index in [1.165, 1.54) is 11.1 Å². The molecule has 1 aliphatic heterocycles. The molecule has 0 spiro atoms. The third-order valence-corrected chi connectivity index (χ3v) is 3.72. The number of benzene rings is 1. The number of nitrogens with zero attached hydrogens (tertiary/aromatic N) is 1. The van der Waals surface area contributed by atoms with E-state index in [2.05, 4.69) is 31.3 Å². The van der Waals surface area contributed by atoms with E-state index in [-0.39, 0.29) is 11.9 Å². The van der Waals surface area contributed by atoms with Gasteiger partial charge in [-0.15, -0.1) is 0 Å². The van der Waals surface area contributed by atoms with Crippen LogP contribution in [-0.4, -0.2) is 38.8 Å². The van der Waals surface area contributed by atoms with E-state index in [1.807, 2.05) is 14.0 Å². The van der Waals surface area contributed by atoms with Gasteiger partial charge >= 0.3 is 0 Å². The van der Waals surface area contributed by atoms with Crippen molar-refractivity contribution in [2.24, 2.45) is 0 Å². The number of rotatable bonds is 2. The molecule has 0 saturated carbocycles. The number of aryl methyl sites for hydroxylation is 3. The third kappa shape index (κ3) is 2.96. The maximum absolute atomic E-state index is 12.4. The van der Waals surface area contributed by atoms with Crippen LogP contribution < -0.4 is 10.2 Å². The molecule has 0 aliphatic carbocycles. The van der Waals surface area contributed by atoms with E-state index in [9.17, 15) is 4.79 Å². The van der Waals surface area contributed by atoms with Crippen LogP contribution in [0, 0.1) is 20.8 Å². The van der Waals surface area contributed by atoms with Crippen molar-refractivity contribution in [2.45, 2.75) is 26.8 Å². The second-order valence-corrected chi connectivity index (χ2v) is 5.20. The van der Waals surface area contributed by atoms with Crippen LogP contribution in [0.1, 0.15) is 16.7 Å². The monoisotopic (exact) mass is 262 g/mol. The summed E-state index contributed by atoms with van der Waals surface area (Å²) in [6.07, 6.45) is 0. The zero-order valence-electron chi connectivity index (χ0n) is 12.1. The maximum atomic E-state index is 12.4. The van der Waals surface area contributed by atoms with Crippen molar-refractivity contribution in [1.29, 1.82) is 0 Å². The fourth-order valence-corrected chi connectivity index (χ4v) is 2.38. The number of hydrogen-bond acceptors (Lipinski definition) is 3. The summed E-state index contributed by atoms with van der Waals surface area (Å²) in [4.78, 5) is 14.2. The highest BCUT2D eigenvalue weighted by atomic mass is 16.5. The summed E-state index contributed by atoms with van der Waals surface area (Å²) in [6, 6.07) is 3.96. The lowest BCUT2D eigenvalue weighted by atomic mass is 10.0. The first-order valence-corrected chi connectivity index (χ1v) is 6.67. The van der Waals surface area contributed by atoms with Gasteiger partial charge in [-0.25, -0.2) is 0 Å². The lowest BCUT2D eigenvalue weighted by Gasteiger charge is -2.28. The van der Waals surface area contributed by atoms with E-state index >= 15 is 0 Å². The number of nitrogens with one attached hydrogen (secondary N) is 1. The molecule has 1 atom stereocenters. The molecule has 0 bridgehead atoms. The quantitative estimate of drug-likeness (QED) is 0.879. The molecule has 1 aromatic carbocycles. The van der Waals surface area contributed by atoms with Crippen molar-refractivity contribution >= 4 is 11.6 Å². The first kappa shape index (κ1) is 14.0. The van der Waals surface area contributed by atoms with Crippen molar-refractivity contribution < 1.29 is 9.53 Å². The number of hydrogen-bond donors (Lipinski definition) is 1. The van der Waals surface area contributed by atoms with E-state index in [4.69, 9.17) is 4.74 Å². The fraction of sp³-hybridized carbons (Fsp3) is 0.533. The van der Waals surface area contributed by atoms with Gasteiger partial charge < -0.3 is 15.0 Å². The molecule has 1 fully saturated rings. The van der Waals surface area contributed by atoms with Crippen molar-refractivity contribution in [2.75, 3.05) is 31.7 Å². The lowest BCUT2D eigenvalue weighted by molar-refractivity contribution is -0.123. The Morgan fingerprint density at radius 2 is 1.95 bits per heavy atom. The first-order chi connectivity index (χ1) is 9.00. The highest BCUT2D eigenvalue weighted by molar-refractivity contribution is 5.97. The highest BCUT2D eigenvalue weighted by Gasteiger charge is 2.25. The van der Waals surface area contributed by atoms with Gasteiger partial charge in [0.15, 0.2) is 0 Å². The Morgan fingerprint density at radius 3 is 2.58 bits per heavy atom. The van der Waals surface area contributed by atoms with Crippen molar-refractivity contribution in [3.05, 3.63) is 28.8 Å². The number of amides is 1. The first-order valence-electron chi connectivity index (χ1n) is 6.67. The molecule has 1 unspecified atom stereocenters. The number of carbonyl (C=O) groups is 1. The van der Waals surface area contributed by atoms with Crippen LogP contribution in [0.15, 0.2) is 12.1 Å². The molecule has 1 saturated heterocycles. The molecular weight excluding hydrogens is 240 g/mol. The lowest BCUT2D eigenvalue weighted by Crippen LogP contribution is -2.51.